The van der Waals surface area contributed by atoms with Crippen LogP contribution in [0.4, 0.5) is 0 Å². The van der Waals surface area contributed by atoms with E-state index in [1.165, 1.54) is 19.3 Å². The molecule has 1 aliphatic heterocycles. The van der Waals surface area contributed by atoms with Crippen LogP contribution in [0.15, 0.2) is 34.7 Å². The van der Waals surface area contributed by atoms with Gasteiger partial charge in [-0.15, -0.1) is 0 Å². The third-order valence-electron chi connectivity index (χ3n) is 4.98. The lowest BCUT2D eigenvalue weighted by Crippen LogP contribution is -2.29. The van der Waals surface area contributed by atoms with Gasteiger partial charge < -0.3 is 9.73 Å². The normalized spacial score (nSPS) is 28.9. The summed E-state index contributed by atoms with van der Waals surface area (Å²) in [7, 11) is 0. The molecule has 1 saturated heterocycles. The van der Waals surface area contributed by atoms with E-state index in [9.17, 15) is 4.79 Å². The monoisotopic (exact) mass is 269 g/mol. The van der Waals surface area contributed by atoms with Crippen LogP contribution < -0.4 is 5.32 Å². The zero-order valence-corrected chi connectivity index (χ0v) is 11.5. The summed E-state index contributed by atoms with van der Waals surface area (Å²) >= 11 is 0. The number of benzene rings is 1. The predicted molar refractivity (Wildman–Crippen MR) is 77.8 cm³/mol. The first-order chi connectivity index (χ1) is 9.81. The zero-order valence-electron chi connectivity index (χ0n) is 11.5. The maximum absolute atomic E-state index is 12.4. The van der Waals surface area contributed by atoms with Crippen molar-refractivity contribution < 1.29 is 9.21 Å². The van der Waals surface area contributed by atoms with Gasteiger partial charge in [0.2, 0.25) is 0 Å². The zero-order chi connectivity index (χ0) is 13.5. The van der Waals surface area contributed by atoms with Crippen LogP contribution in [0.5, 0.6) is 0 Å². The van der Waals surface area contributed by atoms with Crippen LogP contribution in [-0.2, 0) is 0 Å². The first-order valence-electron chi connectivity index (χ1n) is 7.56. The maximum atomic E-state index is 12.4. The van der Waals surface area contributed by atoms with Crippen LogP contribution in [0.25, 0.3) is 11.0 Å². The van der Waals surface area contributed by atoms with E-state index in [2.05, 4.69) is 5.32 Å². The van der Waals surface area contributed by atoms with Crippen molar-refractivity contribution >= 4 is 16.8 Å². The number of hydrogen-bond acceptors (Lipinski definition) is 3. The van der Waals surface area contributed by atoms with Crippen LogP contribution >= 0.6 is 0 Å². The predicted octanol–water partition coefficient (Wildman–Crippen LogP) is 3.39. The number of carbonyl (C=O) groups excluding carboxylic acids is 1. The first-order valence-corrected chi connectivity index (χ1v) is 7.56. The van der Waals surface area contributed by atoms with Gasteiger partial charge in [0.1, 0.15) is 5.58 Å². The van der Waals surface area contributed by atoms with Gasteiger partial charge in [-0.05, 0) is 43.4 Å². The SMILES string of the molecule is O=C(CC1NCC2CCCC21)c1cc2ccccc2o1. The van der Waals surface area contributed by atoms with Crippen molar-refractivity contribution in [1.82, 2.24) is 5.32 Å². The molecular weight excluding hydrogens is 250 g/mol. The molecule has 1 aromatic heterocycles. The van der Waals surface area contributed by atoms with E-state index in [4.69, 9.17) is 4.42 Å². The van der Waals surface area contributed by atoms with Crippen LogP contribution in [-0.4, -0.2) is 18.4 Å². The standard InChI is InChI=1S/C17H19NO2/c19-15(9-14-13-6-3-5-12(13)10-18-14)17-8-11-4-1-2-7-16(11)20-17/h1-2,4,7-8,12-14,18H,3,5-6,9-10H2. The summed E-state index contributed by atoms with van der Waals surface area (Å²) in [5.41, 5.74) is 0.800. The molecule has 0 radical (unpaired) electrons. The molecule has 0 spiro atoms. The van der Waals surface area contributed by atoms with Crippen molar-refractivity contribution in [2.75, 3.05) is 6.54 Å². The van der Waals surface area contributed by atoms with Crippen LogP contribution in [0.3, 0.4) is 0 Å². The molecule has 3 unspecified atom stereocenters. The second-order valence-corrected chi connectivity index (χ2v) is 6.15. The number of ketones is 1. The number of fused-ring (bicyclic) bond motifs is 2. The van der Waals surface area contributed by atoms with E-state index in [1.807, 2.05) is 30.3 Å². The highest BCUT2D eigenvalue weighted by atomic mass is 16.3. The third kappa shape index (κ3) is 1.97. The summed E-state index contributed by atoms with van der Waals surface area (Å²) in [6, 6.07) is 10.0. The molecule has 3 atom stereocenters. The molecule has 1 aliphatic carbocycles. The lowest BCUT2D eigenvalue weighted by atomic mass is 9.91. The van der Waals surface area contributed by atoms with Crippen LogP contribution in [0.2, 0.25) is 0 Å². The van der Waals surface area contributed by atoms with Crippen LogP contribution in [0, 0.1) is 11.8 Å². The van der Waals surface area contributed by atoms with Crippen molar-refractivity contribution in [3.05, 3.63) is 36.1 Å². The molecule has 1 saturated carbocycles. The number of Topliss-reactive ketones (excluding diaryl/α,β-unsaturated/α-hetero) is 1. The fraction of sp³-hybridized carbons (Fsp3) is 0.471. The molecule has 104 valence electrons. The third-order valence-corrected chi connectivity index (χ3v) is 4.98. The second-order valence-electron chi connectivity index (χ2n) is 6.15. The summed E-state index contributed by atoms with van der Waals surface area (Å²) in [6.07, 6.45) is 4.50. The Labute approximate surface area is 118 Å². The molecule has 2 heterocycles. The van der Waals surface area contributed by atoms with Gasteiger partial charge in [-0.25, -0.2) is 0 Å². The number of furan rings is 1. The molecule has 3 heteroatoms. The minimum absolute atomic E-state index is 0.131. The van der Waals surface area contributed by atoms with Gasteiger partial charge in [-0.3, -0.25) is 4.79 Å². The molecule has 0 bridgehead atoms. The fourth-order valence-corrected chi connectivity index (χ4v) is 3.95. The Morgan fingerprint density at radius 2 is 2.20 bits per heavy atom. The molecule has 1 N–H and O–H groups in total. The highest BCUT2D eigenvalue weighted by Gasteiger charge is 2.39. The van der Waals surface area contributed by atoms with E-state index in [-0.39, 0.29) is 5.78 Å². The Morgan fingerprint density at radius 3 is 3.10 bits per heavy atom. The number of hydrogen-bond donors (Lipinski definition) is 1. The Hall–Kier alpha value is -1.61. The fourth-order valence-electron chi connectivity index (χ4n) is 3.95. The minimum atomic E-state index is 0.131. The molecule has 1 aromatic carbocycles. The first kappa shape index (κ1) is 12.2. The van der Waals surface area contributed by atoms with Crippen molar-refractivity contribution in [3.8, 4) is 0 Å². The van der Waals surface area contributed by atoms with Crippen molar-refractivity contribution in [2.24, 2.45) is 11.8 Å². The van der Waals surface area contributed by atoms with Gasteiger partial charge in [0.05, 0.1) is 0 Å². The van der Waals surface area contributed by atoms with E-state index < -0.39 is 0 Å². The van der Waals surface area contributed by atoms with Gasteiger partial charge in [0.25, 0.3) is 0 Å². The molecule has 3 nitrogen and oxygen atoms in total. The molecule has 2 aliphatic rings. The number of nitrogens with one attached hydrogen (secondary N) is 1. The average molecular weight is 269 g/mol. The molecule has 0 amide bonds. The number of para-hydroxylation sites is 1. The van der Waals surface area contributed by atoms with Gasteiger partial charge >= 0.3 is 0 Å². The number of rotatable bonds is 3. The molecule has 20 heavy (non-hydrogen) atoms. The summed E-state index contributed by atoms with van der Waals surface area (Å²) < 4.78 is 5.67. The highest BCUT2D eigenvalue weighted by molar-refractivity contribution is 5.97. The molecule has 2 fully saturated rings. The molecule has 2 aromatic rings. The van der Waals surface area contributed by atoms with Crippen molar-refractivity contribution in [3.63, 3.8) is 0 Å². The average Bonchev–Trinajstić information content (AvgIpc) is 3.13. The topological polar surface area (TPSA) is 42.2 Å². The van der Waals surface area contributed by atoms with Gasteiger partial charge in [-0.2, -0.15) is 0 Å². The van der Waals surface area contributed by atoms with Gasteiger partial charge in [-0.1, -0.05) is 24.6 Å². The largest absolute Gasteiger partial charge is 0.453 e. The van der Waals surface area contributed by atoms with Crippen molar-refractivity contribution in [1.29, 1.82) is 0 Å². The van der Waals surface area contributed by atoms with Crippen LogP contribution in [0.1, 0.15) is 36.2 Å². The van der Waals surface area contributed by atoms with Gasteiger partial charge in [0.15, 0.2) is 11.5 Å². The van der Waals surface area contributed by atoms with Crippen molar-refractivity contribution in [2.45, 2.75) is 31.7 Å². The number of carbonyl (C=O) groups is 1. The Morgan fingerprint density at radius 1 is 1.30 bits per heavy atom. The quantitative estimate of drug-likeness (QED) is 0.868. The van der Waals surface area contributed by atoms with E-state index in [0.29, 0.717) is 24.1 Å². The Bertz CT molecular complexity index is 612. The smallest absolute Gasteiger partial charge is 0.199 e. The molecular formula is C17H19NO2. The molecule has 4 rings (SSSR count). The second kappa shape index (κ2) is 4.74. The Balaban J connectivity index is 1.52. The van der Waals surface area contributed by atoms with Gasteiger partial charge in [0, 0.05) is 17.8 Å². The maximum Gasteiger partial charge on any atom is 0.199 e. The summed E-state index contributed by atoms with van der Waals surface area (Å²) in [6.45, 7) is 1.09. The highest BCUT2D eigenvalue weighted by Crippen LogP contribution is 2.39. The minimum Gasteiger partial charge on any atom is -0.453 e. The summed E-state index contributed by atoms with van der Waals surface area (Å²) in [4.78, 5) is 12.4. The van der Waals surface area contributed by atoms with E-state index in [1.54, 1.807) is 0 Å². The Kier molecular flexibility index (Phi) is 2.88. The lowest BCUT2D eigenvalue weighted by molar-refractivity contribution is 0.0938. The summed E-state index contributed by atoms with van der Waals surface area (Å²) in [5, 5.41) is 4.54. The van der Waals surface area contributed by atoms with E-state index in [0.717, 1.165) is 23.4 Å². The lowest BCUT2D eigenvalue weighted by Gasteiger charge is -2.16. The van der Waals surface area contributed by atoms with E-state index >= 15 is 0 Å². The summed E-state index contributed by atoms with van der Waals surface area (Å²) in [5.74, 6) is 2.13.